The zero-order chi connectivity index (χ0) is 22.3. The molecule has 1 amide bonds. The maximum absolute atomic E-state index is 11.8. The third-order valence-corrected chi connectivity index (χ3v) is 4.43. The first-order chi connectivity index (χ1) is 14.8. The predicted molar refractivity (Wildman–Crippen MR) is 118 cm³/mol. The van der Waals surface area contributed by atoms with Gasteiger partial charge in [-0.3, -0.25) is 0 Å². The lowest BCUT2D eigenvalue weighted by Gasteiger charge is -2.28. The Morgan fingerprint density at radius 3 is 2.55 bits per heavy atom. The van der Waals surface area contributed by atoms with Crippen LogP contribution < -0.4 is 15.5 Å². The molecule has 2 heterocycles. The summed E-state index contributed by atoms with van der Waals surface area (Å²) in [5.41, 5.74) is 1.70. The number of hydrogen-bond donors (Lipinski definition) is 2. The average molecular weight is 425 g/mol. The van der Waals surface area contributed by atoms with Crippen molar-refractivity contribution in [2.75, 3.05) is 49.6 Å². The van der Waals surface area contributed by atoms with Crippen LogP contribution >= 0.6 is 0 Å². The standard InChI is InChI=1S/C22H28N6O3/c1-22(2,3)31-21(29)25-9-8-24-20-26-18(17-6-4-16(15-23)5-7-17)14-19(27-20)28-10-12-30-13-11-28/h4-7,14H,8-13H2,1-3H3,(H,25,29)(H,24,26,27). The van der Waals surface area contributed by atoms with Gasteiger partial charge in [0.2, 0.25) is 5.95 Å². The van der Waals surface area contributed by atoms with Crippen LogP contribution in [0.25, 0.3) is 11.3 Å². The zero-order valence-electron chi connectivity index (χ0n) is 18.1. The molecule has 0 radical (unpaired) electrons. The second-order valence-corrected chi connectivity index (χ2v) is 8.08. The van der Waals surface area contributed by atoms with Crippen molar-refractivity contribution in [3.05, 3.63) is 35.9 Å². The number of amides is 1. The largest absolute Gasteiger partial charge is 0.444 e. The lowest BCUT2D eigenvalue weighted by molar-refractivity contribution is 0.0530. The van der Waals surface area contributed by atoms with E-state index in [0.29, 0.717) is 37.8 Å². The maximum atomic E-state index is 11.8. The summed E-state index contributed by atoms with van der Waals surface area (Å²) in [7, 11) is 0. The highest BCUT2D eigenvalue weighted by Gasteiger charge is 2.17. The van der Waals surface area contributed by atoms with E-state index in [9.17, 15) is 4.79 Å². The zero-order valence-corrected chi connectivity index (χ0v) is 18.1. The van der Waals surface area contributed by atoms with Crippen LogP contribution in [0, 0.1) is 11.3 Å². The highest BCUT2D eigenvalue weighted by molar-refractivity contribution is 5.68. The van der Waals surface area contributed by atoms with Gasteiger partial charge in [-0.05, 0) is 32.9 Å². The van der Waals surface area contributed by atoms with Crippen molar-refractivity contribution < 1.29 is 14.3 Å². The molecule has 0 unspecified atom stereocenters. The van der Waals surface area contributed by atoms with Gasteiger partial charge in [0.1, 0.15) is 11.4 Å². The van der Waals surface area contributed by atoms with Crippen LogP contribution in [0.2, 0.25) is 0 Å². The number of hydrogen-bond acceptors (Lipinski definition) is 8. The van der Waals surface area contributed by atoms with Crippen LogP contribution in [0.3, 0.4) is 0 Å². The van der Waals surface area contributed by atoms with Gasteiger partial charge in [-0.25, -0.2) is 9.78 Å². The molecule has 2 N–H and O–H groups in total. The molecule has 1 aliphatic heterocycles. The van der Waals surface area contributed by atoms with Crippen molar-refractivity contribution in [3.63, 3.8) is 0 Å². The van der Waals surface area contributed by atoms with Gasteiger partial charge in [0.05, 0.1) is 30.5 Å². The van der Waals surface area contributed by atoms with Crippen LogP contribution in [0.5, 0.6) is 0 Å². The molecule has 1 aromatic carbocycles. The SMILES string of the molecule is CC(C)(C)OC(=O)NCCNc1nc(-c2ccc(C#N)cc2)cc(N2CCOCC2)n1. The molecule has 3 rings (SSSR count). The van der Waals surface area contributed by atoms with Crippen molar-refractivity contribution in [2.24, 2.45) is 0 Å². The Balaban J connectivity index is 1.72. The van der Waals surface area contributed by atoms with Crippen LogP contribution in [0.15, 0.2) is 30.3 Å². The number of aromatic nitrogens is 2. The van der Waals surface area contributed by atoms with Crippen LogP contribution in [-0.4, -0.2) is 61.1 Å². The Hall–Kier alpha value is -3.38. The van der Waals surface area contributed by atoms with E-state index in [1.807, 2.05) is 39.0 Å². The Morgan fingerprint density at radius 1 is 1.19 bits per heavy atom. The number of benzene rings is 1. The fourth-order valence-corrected chi connectivity index (χ4v) is 2.98. The van der Waals surface area contributed by atoms with Crippen molar-refractivity contribution in [1.29, 1.82) is 5.26 Å². The number of nitrogens with zero attached hydrogens (tertiary/aromatic N) is 4. The van der Waals surface area contributed by atoms with Gasteiger partial charge in [0.25, 0.3) is 0 Å². The molecule has 9 nitrogen and oxygen atoms in total. The van der Waals surface area contributed by atoms with E-state index in [0.717, 1.165) is 30.2 Å². The third-order valence-electron chi connectivity index (χ3n) is 4.43. The number of nitrogens with one attached hydrogen (secondary N) is 2. The number of alkyl carbamates (subject to hydrolysis) is 1. The molecule has 9 heteroatoms. The van der Waals surface area contributed by atoms with E-state index in [1.165, 1.54) is 0 Å². The van der Waals surface area contributed by atoms with E-state index in [2.05, 4.69) is 31.6 Å². The van der Waals surface area contributed by atoms with Gasteiger partial charge < -0.3 is 25.0 Å². The summed E-state index contributed by atoms with van der Waals surface area (Å²) >= 11 is 0. The number of carbonyl (C=O) groups excluding carboxylic acids is 1. The van der Waals surface area contributed by atoms with E-state index in [-0.39, 0.29) is 0 Å². The van der Waals surface area contributed by atoms with E-state index >= 15 is 0 Å². The minimum atomic E-state index is -0.539. The van der Waals surface area contributed by atoms with Crippen LogP contribution in [0.1, 0.15) is 26.3 Å². The summed E-state index contributed by atoms with van der Waals surface area (Å²) in [5.74, 6) is 1.27. The smallest absolute Gasteiger partial charge is 0.407 e. The molecule has 0 aliphatic carbocycles. The molecule has 0 atom stereocenters. The topological polar surface area (TPSA) is 112 Å². The van der Waals surface area contributed by atoms with Crippen molar-refractivity contribution in [2.45, 2.75) is 26.4 Å². The highest BCUT2D eigenvalue weighted by atomic mass is 16.6. The summed E-state index contributed by atoms with van der Waals surface area (Å²) in [6, 6.07) is 11.3. The van der Waals surface area contributed by atoms with E-state index in [4.69, 9.17) is 14.7 Å². The summed E-state index contributed by atoms with van der Waals surface area (Å²) in [6.07, 6.45) is -0.462. The Kier molecular flexibility index (Phi) is 7.26. The number of morpholine rings is 1. The molecule has 0 saturated carbocycles. The molecule has 164 valence electrons. The molecule has 1 fully saturated rings. The lowest BCUT2D eigenvalue weighted by atomic mass is 10.1. The number of ether oxygens (including phenoxy) is 2. The summed E-state index contributed by atoms with van der Waals surface area (Å²) in [4.78, 5) is 23.2. The van der Waals surface area contributed by atoms with Gasteiger partial charge in [0.15, 0.2) is 0 Å². The first-order valence-electron chi connectivity index (χ1n) is 10.3. The molecule has 1 saturated heterocycles. The van der Waals surface area contributed by atoms with Crippen LogP contribution in [-0.2, 0) is 9.47 Å². The normalized spacial score (nSPS) is 13.9. The minimum Gasteiger partial charge on any atom is -0.444 e. The minimum absolute atomic E-state index is 0.367. The number of carbonyl (C=O) groups is 1. The van der Waals surface area contributed by atoms with E-state index in [1.54, 1.807) is 12.1 Å². The Bertz CT molecular complexity index is 928. The van der Waals surface area contributed by atoms with Crippen molar-refractivity contribution >= 4 is 17.9 Å². The van der Waals surface area contributed by atoms with Gasteiger partial charge >= 0.3 is 6.09 Å². The average Bonchev–Trinajstić information content (AvgIpc) is 2.76. The fraction of sp³-hybridized carbons (Fsp3) is 0.455. The molecular weight excluding hydrogens is 396 g/mol. The molecular formula is C22H28N6O3. The van der Waals surface area contributed by atoms with Crippen LogP contribution in [0.4, 0.5) is 16.6 Å². The molecule has 2 aromatic rings. The Labute approximate surface area is 182 Å². The molecule has 31 heavy (non-hydrogen) atoms. The number of rotatable bonds is 6. The van der Waals surface area contributed by atoms with Crippen molar-refractivity contribution in [1.82, 2.24) is 15.3 Å². The predicted octanol–water partition coefficient (Wildman–Crippen LogP) is 2.79. The summed E-state index contributed by atoms with van der Waals surface area (Å²) < 4.78 is 10.7. The fourth-order valence-electron chi connectivity index (χ4n) is 2.98. The second kappa shape index (κ2) is 10.1. The molecule has 1 aliphatic rings. The Morgan fingerprint density at radius 2 is 1.90 bits per heavy atom. The second-order valence-electron chi connectivity index (χ2n) is 8.08. The van der Waals surface area contributed by atoms with Gasteiger partial charge in [-0.2, -0.15) is 10.2 Å². The van der Waals surface area contributed by atoms with Gasteiger partial charge in [-0.15, -0.1) is 0 Å². The third kappa shape index (κ3) is 6.83. The molecule has 0 spiro atoms. The summed E-state index contributed by atoms with van der Waals surface area (Å²) in [6.45, 7) is 9.08. The first-order valence-corrected chi connectivity index (χ1v) is 10.3. The number of anilines is 2. The van der Waals surface area contributed by atoms with Gasteiger partial charge in [-0.1, -0.05) is 12.1 Å². The van der Waals surface area contributed by atoms with Gasteiger partial charge in [0, 0.05) is 37.8 Å². The maximum Gasteiger partial charge on any atom is 0.407 e. The number of nitriles is 1. The molecule has 1 aromatic heterocycles. The van der Waals surface area contributed by atoms with E-state index < -0.39 is 11.7 Å². The van der Waals surface area contributed by atoms with Crippen molar-refractivity contribution in [3.8, 4) is 17.3 Å². The highest BCUT2D eigenvalue weighted by Crippen LogP contribution is 2.24. The first kappa shape index (κ1) is 22.3. The monoisotopic (exact) mass is 424 g/mol. The lowest BCUT2D eigenvalue weighted by Crippen LogP contribution is -2.37. The quantitative estimate of drug-likeness (QED) is 0.681. The summed E-state index contributed by atoms with van der Waals surface area (Å²) in [5, 5.41) is 14.9. The molecule has 0 bridgehead atoms.